The first-order chi connectivity index (χ1) is 14.0. The Morgan fingerprint density at radius 1 is 1.00 bits per heavy atom. The molecule has 0 radical (unpaired) electrons. The van der Waals surface area contributed by atoms with Crippen LogP contribution in [0.15, 0.2) is 72.8 Å². The van der Waals surface area contributed by atoms with Gasteiger partial charge >= 0.3 is 5.97 Å². The predicted octanol–water partition coefficient (Wildman–Crippen LogP) is 5.15. The Bertz CT molecular complexity index is 1080. The van der Waals surface area contributed by atoms with E-state index in [-0.39, 0.29) is 12.3 Å². The van der Waals surface area contributed by atoms with Gasteiger partial charge in [0.25, 0.3) is 0 Å². The summed E-state index contributed by atoms with van der Waals surface area (Å²) in [6.45, 7) is 1.93. The van der Waals surface area contributed by atoms with Gasteiger partial charge in [-0.2, -0.15) is 0 Å². The van der Waals surface area contributed by atoms with Crippen molar-refractivity contribution >= 4 is 29.2 Å². The minimum absolute atomic E-state index is 0.129. The van der Waals surface area contributed by atoms with Crippen molar-refractivity contribution in [2.24, 2.45) is 0 Å². The summed E-state index contributed by atoms with van der Waals surface area (Å²) < 4.78 is 0. The Morgan fingerprint density at radius 3 is 2.34 bits per heavy atom. The van der Waals surface area contributed by atoms with Crippen LogP contribution in [0.4, 0.5) is 5.69 Å². The lowest BCUT2D eigenvalue weighted by atomic mass is 9.84. The smallest absolute Gasteiger partial charge is 0.313 e. The van der Waals surface area contributed by atoms with Gasteiger partial charge in [0.2, 0.25) is 5.91 Å². The van der Waals surface area contributed by atoms with Crippen molar-refractivity contribution < 1.29 is 14.7 Å². The van der Waals surface area contributed by atoms with E-state index in [2.05, 4.69) is 0 Å². The second kappa shape index (κ2) is 7.72. The van der Waals surface area contributed by atoms with Gasteiger partial charge in [-0.3, -0.25) is 9.59 Å². The molecule has 29 heavy (non-hydrogen) atoms. The number of rotatable bonds is 3. The van der Waals surface area contributed by atoms with Gasteiger partial charge in [0, 0.05) is 10.7 Å². The second-order valence-electron chi connectivity index (χ2n) is 7.24. The van der Waals surface area contributed by atoms with Crippen LogP contribution in [0.1, 0.15) is 34.2 Å². The molecule has 4 rings (SSSR count). The summed E-state index contributed by atoms with van der Waals surface area (Å²) in [4.78, 5) is 27.6. The van der Waals surface area contributed by atoms with Crippen molar-refractivity contribution in [2.75, 3.05) is 4.90 Å². The molecule has 0 bridgehead atoms. The first kappa shape index (κ1) is 19.2. The zero-order valence-corrected chi connectivity index (χ0v) is 16.6. The molecular formula is C24H20ClNO3. The Labute approximate surface area is 174 Å². The lowest BCUT2D eigenvalue weighted by Crippen LogP contribution is -2.39. The standard InChI is InChI=1S/C24H20ClNO3/c1-15-6-2-5-9-20(15)26-21(27)14-17-7-3-4-8-19(17)22(24(28)29)23(26)16-10-12-18(25)13-11-16/h2-13,22-23H,14H2,1H3,(H,28,29)/t22-,23+/m0/s1. The Morgan fingerprint density at radius 2 is 1.66 bits per heavy atom. The lowest BCUT2D eigenvalue weighted by molar-refractivity contribution is -0.139. The molecule has 0 saturated heterocycles. The van der Waals surface area contributed by atoms with Crippen LogP contribution in [-0.2, 0) is 16.0 Å². The van der Waals surface area contributed by atoms with E-state index in [0.29, 0.717) is 10.6 Å². The van der Waals surface area contributed by atoms with Crippen molar-refractivity contribution in [1.29, 1.82) is 0 Å². The topological polar surface area (TPSA) is 57.6 Å². The van der Waals surface area contributed by atoms with Crippen LogP contribution in [0.2, 0.25) is 5.02 Å². The molecule has 146 valence electrons. The molecule has 3 aromatic rings. The zero-order valence-electron chi connectivity index (χ0n) is 15.9. The van der Waals surface area contributed by atoms with Gasteiger partial charge in [-0.1, -0.05) is 66.2 Å². The average Bonchev–Trinajstić information content (AvgIpc) is 2.83. The Hall–Kier alpha value is -3.11. The molecule has 1 heterocycles. The number of anilines is 1. The summed E-state index contributed by atoms with van der Waals surface area (Å²) in [6, 6.07) is 21.2. The fraction of sp³-hybridized carbons (Fsp3) is 0.167. The number of nitrogens with zero attached hydrogens (tertiary/aromatic N) is 1. The Kier molecular flexibility index (Phi) is 5.12. The van der Waals surface area contributed by atoms with E-state index < -0.39 is 17.9 Å². The molecule has 0 saturated carbocycles. The first-order valence-corrected chi connectivity index (χ1v) is 9.79. The third-order valence-electron chi connectivity index (χ3n) is 5.45. The van der Waals surface area contributed by atoms with E-state index in [4.69, 9.17) is 11.6 Å². The number of hydrogen-bond donors (Lipinski definition) is 1. The van der Waals surface area contributed by atoms with E-state index in [9.17, 15) is 14.7 Å². The van der Waals surface area contributed by atoms with Gasteiger partial charge in [0.15, 0.2) is 0 Å². The molecule has 5 heteroatoms. The van der Waals surface area contributed by atoms with Gasteiger partial charge in [-0.25, -0.2) is 0 Å². The SMILES string of the molecule is Cc1ccccc1N1C(=O)Cc2ccccc2[C@H](C(=O)O)[C@H]1c1ccc(Cl)cc1. The molecule has 0 aliphatic carbocycles. The molecule has 1 N–H and O–H groups in total. The van der Waals surface area contributed by atoms with E-state index in [1.165, 1.54) is 0 Å². The highest BCUT2D eigenvalue weighted by Crippen LogP contribution is 2.43. The number of para-hydroxylation sites is 1. The number of aryl methyl sites for hydroxylation is 1. The van der Waals surface area contributed by atoms with Crippen LogP contribution in [0.5, 0.6) is 0 Å². The number of carbonyl (C=O) groups excluding carboxylic acids is 1. The summed E-state index contributed by atoms with van der Waals surface area (Å²) in [5.41, 5.74) is 3.78. The normalized spacial score (nSPS) is 18.8. The maximum Gasteiger partial charge on any atom is 0.313 e. The molecule has 1 aliphatic heterocycles. The van der Waals surface area contributed by atoms with Gasteiger partial charge < -0.3 is 10.0 Å². The molecule has 0 aromatic heterocycles. The second-order valence-corrected chi connectivity index (χ2v) is 7.67. The molecule has 0 fully saturated rings. The molecule has 0 spiro atoms. The van der Waals surface area contributed by atoms with Crippen molar-refractivity contribution in [2.45, 2.75) is 25.3 Å². The maximum absolute atomic E-state index is 13.5. The van der Waals surface area contributed by atoms with Crippen LogP contribution >= 0.6 is 11.6 Å². The molecule has 1 aliphatic rings. The number of halogens is 1. The monoisotopic (exact) mass is 405 g/mol. The predicted molar refractivity (Wildman–Crippen MR) is 113 cm³/mol. The molecule has 3 aromatic carbocycles. The minimum atomic E-state index is -0.967. The number of fused-ring (bicyclic) bond motifs is 1. The summed E-state index contributed by atoms with van der Waals surface area (Å²) >= 11 is 6.07. The molecule has 4 nitrogen and oxygen atoms in total. The highest BCUT2D eigenvalue weighted by Gasteiger charge is 2.42. The summed E-state index contributed by atoms with van der Waals surface area (Å²) in [6.07, 6.45) is 0.151. The lowest BCUT2D eigenvalue weighted by Gasteiger charge is -2.35. The van der Waals surface area contributed by atoms with E-state index in [0.717, 1.165) is 22.4 Å². The summed E-state index contributed by atoms with van der Waals surface area (Å²) in [5.74, 6) is -2.00. The average molecular weight is 406 g/mol. The number of amides is 1. The van der Waals surface area contributed by atoms with Crippen molar-refractivity contribution in [3.05, 3.63) is 100 Å². The van der Waals surface area contributed by atoms with Crippen LogP contribution in [-0.4, -0.2) is 17.0 Å². The first-order valence-electron chi connectivity index (χ1n) is 9.41. The number of carbonyl (C=O) groups is 2. The van der Waals surface area contributed by atoms with E-state index in [1.807, 2.05) is 55.5 Å². The number of hydrogen-bond acceptors (Lipinski definition) is 2. The third-order valence-corrected chi connectivity index (χ3v) is 5.70. The highest BCUT2D eigenvalue weighted by molar-refractivity contribution is 6.30. The molecule has 1 amide bonds. The quantitative estimate of drug-likeness (QED) is 0.655. The van der Waals surface area contributed by atoms with Gasteiger partial charge in [-0.05, 0) is 47.4 Å². The van der Waals surface area contributed by atoms with Crippen molar-refractivity contribution in [1.82, 2.24) is 0 Å². The van der Waals surface area contributed by atoms with E-state index in [1.54, 1.807) is 29.2 Å². The fourth-order valence-electron chi connectivity index (χ4n) is 4.11. The van der Waals surface area contributed by atoms with Crippen LogP contribution in [0.25, 0.3) is 0 Å². The zero-order chi connectivity index (χ0) is 20.5. The van der Waals surface area contributed by atoms with Gasteiger partial charge in [-0.15, -0.1) is 0 Å². The third kappa shape index (κ3) is 3.52. The molecule has 2 atom stereocenters. The number of carboxylic acids is 1. The van der Waals surface area contributed by atoms with Gasteiger partial charge in [0.05, 0.1) is 12.5 Å². The van der Waals surface area contributed by atoms with Crippen LogP contribution in [0.3, 0.4) is 0 Å². The van der Waals surface area contributed by atoms with Crippen LogP contribution < -0.4 is 4.90 Å². The molecule has 0 unspecified atom stereocenters. The van der Waals surface area contributed by atoms with Crippen molar-refractivity contribution in [3.63, 3.8) is 0 Å². The summed E-state index contributed by atoms with van der Waals surface area (Å²) in [7, 11) is 0. The Balaban J connectivity index is 2.00. The largest absolute Gasteiger partial charge is 0.481 e. The maximum atomic E-state index is 13.5. The number of benzene rings is 3. The van der Waals surface area contributed by atoms with Crippen LogP contribution in [0, 0.1) is 6.92 Å². The fourth-order valence-corrected chi connectivity index (χ4v) is 4.23. The minimum Gasteiger partial charge on any atom is -0.481 e. The van der Waals surface area contributed by atoms with Crippen molar-refractivity contribution in [3.8, 4) is 0 Å². The number of carboxylic acid groups (broad SMARTS) is 1. The highest BCUT2D eigenvalue weighted by atomic mass is 35.5. The summed E-state index contributed by atoms with van der Waals surface area (Å²) in [5, 5.41) is 10.8. The number of aliphatic carboxylic acids is 1. The van der Waals surface area contributed by atoms with E-state index >= 15 is 0 Å². The molecular weight excluding hydrogens is 386 g/mol. The van der Waals surface area contributed by atoms with Gasteiger partial charge in [0.1, 0.15) is 5.92 Å².